The molecular weight excluding hydrogens is 368 g/mol. The summed E-state index contributed by atoms with van der Waals surface area (Å²) in [5.74, 6) is -1.16. The summed E-state index contributed by atoms with van der Waals surface area (Å²) in [5, 5.41) is 13.2. The first-order chi connectivity index (χ1) is 11.9. The van der Waals surface area contributed by atoms with E-state index in [2.05, 4.69) is 16.2 Å². The van der Waals surface area contributed by atoms with Crippen LogP contribution in [0.25, 0.3) is 0 Å². The average Bonchev–Trinajstić information content (AvgIpc) is 2.59. The predicted molar refractivity (Wildman–Crippen MR) is 95.2 cm³/mol. The van der Waals surface area contributed by atoms with Gasteiger partial charge in [-0.1, -0.05) is 23.7 Å². The predicted octanol–water partition coefficient (Wildman–Crippen LogP) is 2.20. The first kappa shape index (κ1) is 18.3. The van der Waals surface area contributed by atoms with Crippen LogP contribution in [0.3, 0.4) is 0 Å². The fraction of sp³-hybridized carbons (Fsp3) is 0. The van der Waals surface area contributed by atoms with Gasteiger partial charge in [0.05, 0.1) is 4.92 Å². The summed E-state index contributed by atoms with van der Waals surface area (Å²) >= 11 is 10.7. The maximum Gasteiger partial charge on any atom is 0.270 e. The molecule has 0 saturated heterocycles. The first-order valence-corrected chi connectivity index (χ1v) is 7.57. The van der Waals surface area contributed by atoms with Gasteiger partial charge in [0, 0.05) is 28.3 Å². The molecule has 0 aliphatic rings. The molecule has 2 aromatic carbocycles. The van der Waals surface area contributed by atoms with Crippen molar-refractivity contribution in [3.8, 4) is 0 Å². The van der Waals surface area contributed by atoms with Crippen LogP contribution in [0, 0.1) is 10.1 Å². The molecule has 0 aromatic heterocycles. The molecule has 2 aromatic rings. The van der Waals surface area contributed by atoms with E-state index in [1.165, 1.54) is 24.3 Å². The molecule has 10 heteroatoms. The lowest BCUT2D eigenvalue weighted by molar-refractivity contribution is -0.384. The fourth-order valence-electron chi connectivity index (χ4n) is 1.78. The van der Waals surface area contributed by atoms with Crippen molar-refractivity contribution >= 4 is 46.4 Å². The second kappa shape index (κ2) is 8.18. The molecule has 2 rings (SSSR count). The van der Waals surface area contributed by atoms with Crippen molar-refractivity contribution < 1.29 is 14.5 Å². The summed E-state index contributed by atoms with van der Waals surface area (Å²) in [7, 11) is 0. The zero-order chi connectivity index (χ0) is 18.4. The smallest absolute Gasteiger partial charge is 0.270 e. The lowest BCUT2D eigenvalue weighted by Gasteiger charge is -2.11. The first-order valence-electron chi connectivity index (χ1n) is 6.78. The molecule has 0 saturated carbocycles. The Bertz CT molecular complexity index is 859. The number of hydrogen-bond acceptors (Lipinski definition) is 5. The minimum atomic E-state index is -0.654. The lowest BCUT2D eigenvalue weighted by atomic mass is 10.2. The SMILES string of the molecule is O=C(NNC(=S)NC(=O)c1cccc([N+](=O)[O-])c1)c1cccc(Cl)c1. The number of nitrogens with one attached hydrogen (secondary N) is 3. The van der Waals surface area contributed by atoms with Crippen LogP contribution in [-0.4, -0.2) is 21.9 Å². The molecular formula is C15H11ClN4O4S. The molecule has 0 radical (unpaired) electrons. The van der Waals surface area contributed by atoms with E-state index in [4.69, 9.17) is 23.8 Å². The lowest BCUT2D eigenvalue weighted by Crippen LogP contribution is -2.48. The number of non-ortho nitro benzene ring substituents is 1. The Morgan fingerprint density at radius 2 is 1.64 bits per heavy atom. The van der Waals surface area contributed by atoms with Crippen molar-refractivity contribution in [3.63, 3.8) is 0 Å². The van der Waals surface area contributed by atoms with Gasteiger partial charge in [-0.3, -0.25) is 35.9 Å². The number of hydrazine groups is 1. The molecule has 0 heterocycles. The third-order valence-electron chi connectivity index (χ3n) is 2.92. The van der Waals surface area contributed by atoms with Gasteiger partial charge in [0.2, 0.25) is 0 Å². The summed E-state index contributed by atoms with van der Waals surface area (Å²) in [5.41, 5.74) is 4.79. The van der Waals surface area contributed by atoms with E-state index in [0.29, 0.717) is 10.6 Å². The summed E-state index contributed by atoms with van der Waals surface area (Å²) in [6, 6.07) is 11.4. The third kappa shape index (κ3) is 5.23. The van der Waals surface area contributed by atoms with Gasteiger partial charge >= 0.3 is 0 Å². The van der Waals surface area contributed by atoms with Gasteiger partial charge in [-0.15, -0.1) is 0 Å². The van der Waals surface area contributed by atoms with Crippen LogP contribution in [0.5, 0.6) is 0 Å². The van der Waals surface area contributed by atoms with Crippen LogP contribution >= 0.6 is 23.8 Å². The largest absolute Gasteiger partial charge is 0.298 e. The molecule has 0 spiro atoms. The van der Waals surface area contributed by atoms with Crippen molar-refractivity contribution in [1.82, 2.24) is 16.2 Å². The zero-order valence-corrected chi connectivity index (χ0v) is 14.1. The maximum absolute atomic E-state index is 12.0. The number of hydrogen-bond donors (Lipinski definition) is 3. The fourth-order valence-corrected chi connectivity index (χ4v) is 2.12. The van der Waals surface area contributed by atoms with Crippen LogP contribution in [0.1, 0.15) is 20.7 Å². The van der Waals surface area contributed by atoms with Crippen molar-refractivity contribution in [1.29, 1.82) is 0 Å². The summed E-state index contributed by atoms with van der Waals surface area (Å²) < 4.78 is 0. The number of nitrogens with zero attached hydrogens (tertiary/aromatic N) is 1. The quantitative estimate of drug-likeness (QED) is 0.428. The van der Waals surface area contributed by atoms with E-state index < -0.39 is 16.7 Å². The van der Waals surface area contributed by atoms with E-state index in [1.807, 2.05) is 0 Å². The highest BCUT2D eigenvalue weighted by Gasteiger charge is 2.13. The van der Waals surface area contributed by atoms with Crippen LogP contribution < -0.4 is 16.2 Å². The number of amides is 2. The number of benzene rings is 2. The Morgan fingerprint density at radius 1 is 1.00 bits per heavy atom. The van der Waals surface area contributed by atoms with Crippen molar-refractivity contribution in [2.24, 2.45) is 0 Å². The standard InChI is InChI=1S/C15H11ClN4O4S/c16-11-5-1-3-9(7-11)14(22)18-19-15(25)17-13(21)10-4-2-6-12(8-10)20(23)24/h1-8H,(H,18,22)(H2,17,19,21,25). The van der Waals surface area contributed by atoms with Gasteiger partial charge < -0.3 is 0 Å². The van der Waals surface area contributed by atoms with Gasteiger partial charge in [0.25, 0.3) is 17.5 Å². The van der Waals surface area contributed by atoms with Crippen LogP contribution in [0.4, 0.5) is 5.69 Å². The van der Waals surface area contributed by atoms with E-state index >= 15 is 0 Å². The highest BCUT2D eigenvalue weighted by atomic mass is 35.5. The minimum Gasteiger partial charge on any atom is -0.298 e. The number of thiocarbonyl (C=S) groups is 1. The molecule has 128 valence electrons. The summed E-state index contributed by atoms with van der Waals surface area (Å²) in [6.45, 7) is 0. The Hall–Kier alpha value is -3.04. The second-order valence-electron chi connectivity index (χ2n) is 4.68. The molecule has 0 aliphatic carbocycles. The summed E-state index contributed by atoms with van der Waals surface area (Å²) in [4.78, 5) is 34.0. The van der Waals surface area contributed by atoms with E-state index in [-0.39, 0.29) is 16.4 Å². The topological polar surface area (TPSA) is 113 Å². The number of rotatable bonds is 3. The maximum atomic E-state index is 12.0. The highest BCUT2D eigenvalue weighted by Crippen LogP contribution is 2.13. The number of carbonyl (C=O) groups excluding carboxylic acids is 2. The molecule has 0 bridgehead atoms. The van der Waals surface area contributed by atoms with Gasteiger partial charge in [-0.25, -0.2) is 0 Å². The zero-order valence-electron chi connectivity index (χ0n) is 12.5. The normalized spacial score (nSPS) is 9.80. The van der Waals surface area contributed by atoms with E-state index in [0.717, 1.165) is 6.07 Å². The average molecular weight is 379 g/mol. The monoisotopic (exact) mass is 378 g/mol. The van der Waals surface area contributed by atoms with Crippen molar-refractivity contribution in [2.45, 2.75) is 0 Å². The Morgan fingerprint density at radius 3 is 2.28 bits per heavy atom. The minimum absolute atomic E-state index is 0.0551. The number of nitro benzene ring substituents is 1. The Kier molecular flexibility index (Phi) is 5.98. The molecule has 0 atom stereocenters. The summed E-state index contributed by atoms with van der Waals surface area (Å²) in [6.07, 6.45) is 0. The molecule has 25 heavy (non-hydrogen) atoms. The van der Waals surface area contributed by atoms with Gasteiger partial charge in [-0.05, 0) is 36.5 Å². The van der Waals surface area contributed by atoms with E-state index in [9.17, 15) is 19.7 Å². The second-order valence-corrected chi connectivity index (χ2v) is 5.52. The Labute approximate surface area is 152 Å². The third-order valence-corrected chi connectivity index (χ3v) is 3.36. The van der Waals surface area contributed by atoms with Gasteiger partial charge in [0.1, 0.15) is 0 Å². The Balaban J connectivity index is 1.91. The van der Waals surface area contributed by atoms with Crippen molar-refractivity contribution in [3.05, 3.63) is 74.8 Å². The molecule has 3 N–H and O–H groups in total. The molecule has 8 nitrogen and oxygen atoms in total. The molecule has 0 fully saturated rings. The number of carbonyl (C=O) groups is 2. The van der Waals surface area contributed by atoms with Crippen LogP contribution in [-0.2, 0) is 0 Å². The highest BCUT2D eigenvalue weighted by molar-refractivity contribution is 7.80. The molecule has 0 unspecified atom stereocenters. The van der Waals surface area contributed by atoms with Crippen LogP contribution in [0.2, 0.25) is 5.02 Å². The molecule has 0 aliphatic heterocycles. The number of halogens is 1. The van der Waals surface area contributed by atoms with Gasteiger partial charge in [-0.2, -0.15) is 0 Å². The van der Waals surface area contributed by atoms with Crippen LogP contribution in [0.15, 0.2) is 48.5 Å². The molecule has 2 amide bonds. The van der Waals surface area contributed by atoms with E-state index in [1.54, 1.807) is 18.2 Å². The number of nitro groups is 1. The van der Waals surface area contributed by atoms with Crippen molar-refractivity contribution in [2.75, 3.05) is 0 Å². The van der Waals surface area contributed by atoms with Gasteiger partial charge in [0.15, 0.2) is 5.11 Å².